The molecule has 0 aliphatic carbocycles. The van der Waals surface area contributed by atoms with Crippen molar-refractivity contribution in [2.24, 2.45) is 0 Å². The number of hydrogen-bond donors (Lipinski definition) is 2. The summed E-state index contributed by atoms with van der Waals surface area (Å²) < 4.78 is 11.1. The zero-order valence-electron chi connectivity index (χ0n) is 29.5. The molecule has 0 bridgehead atoms. The Bertz CT molecular complexity index is 1290. The summed E-state index contributed by atoms with van der Waals surface area (Å²) in [5, 5.41) is 5.60. The highest BCUT2D eigenvalue weighted by Gasteiger charge is 2.37. The molecule has 0 radical (unpaired) electrons. The number of ether oxygens (including phenoxy) is 2. The molecular weight excluding hydrogens is 582 g/mol. The summed E-state index contributed by atoms with van der Waals surface area (Å²) in [4.78, 5) is 56.3. The normalized spacial score (nSPS) is 13.6. The van der Waals surface area contributed by atoms with Gasteiger partial charge < -0.3 is 25.0 Å². The van der Waals surface area contributed by atoms with Gasteiger partial charge in [-0.3, -0.25) is 9.59 Å². The van der Waals surface area contributed by atoms with Crippen LogP contribution in [0, 0.1) is 13.8 Å². The highest BCUT2D eigenvalue weighted by molar-refractivity contribution is 5.94. The number of rotatable bonds is 14. The highest BCUT2D eigenvalue weighted by Crippen LogP contribution is 2.26. The average molecular weight is 638 g/mol. The summed E-state index contributed by atoms with van der Waals surface area (Å²) in [5.41, 5.74) is 1.81. The summed E-state index contributed by atoms with van der Waals surface area (Å²) in [6.07, 6.45) is 2.99. The molecule has 3 unspecified atom stereocenters. The van der Waals surface area contributed by atoms with Crippen molar-refractivity contribution in [3.8, 4) is 0 Å². The SMILES string of the molecule is CCCCCCN(C(=O)C(C)NC(=O)OC(C)(C)C)C(C(=O)NC(Cc1ccccc1)C(=O)OC(C)(C)C)c1cc(C)cc(C)c1. The van der Waals surface area contributed by atoms with E-state index >= 15 is 0 Å². The number of nitrogens with one attached hydrogen (secondary N) is 2. The molecule has 3 amide bonds. The molecule has 0 saturated heterocycles. The first kappa shape index (κ1) is 38.3. The van der Waals surface area contributed by atoms with E-state index in [0.29, 0.717) is 12.0 Å². The van der Waals surface area contributed by atoms with Crippen molar-refractivity contribution >= 4 is 23.9 Å². The van der Waals surface area contributed by atoms with Crippen molar-refractivity contribution in [1.29, 1.82) is 0 Å². The second kappa shape index (κ2) is 17.2. The smallest absolute Gasteiger partial charge is 0.408 e. The molecule has 0 spiro atoms. The van der Waals surface area contributed by atoms with E-state index in [9.17, 15) is 19.2 Å². The lowest BCUT2D eigenvalue weighted by molar-refractivity contribution is -0.159. The van der Waals surface area contributed by atoms with Crippen LogP contribution in [-0.2, 0) is 30.3 Å². The predicted octanol–water partition coefficient (Wildman–Crippen LogP) is 6.74. The summed E-state index contributed by atoms with van der Waals surface area (Å²) in [7, 11) is 0. The Morgan fingerprint density at radius 3 is 1.93 bits per heavy atom. The fraction of sp³-hybridized carbons (Fsp3) is 0.568. The van der Waals surface area contributed by atoms with Crippen molar-refractivity contribution in [1.82, 2.24) is 15.5 Å². The van der Waals surface area contributed by atoms with Crippen LogP contribution in [0.1, 0.15) is 109 Å². The maximum absolute atomic E-state index is 14.5. The molecule has 9 nitrogen and oxygen atoms in total. The van der Waals surface area contributed by atoms with Gasteiger partial charge in [-0.05, 0) is 79.9 Å². The number of aryl methyl sites for hydroxylation is 2. The molecule has 0 saturated carbocycles. The van der Waals surface area contributed by atoms with Gasteiger partial charge in [0.05, 0.1) is 0 Å². The summed E-state index contributed by atoms with van der Waals surface area (Å²) >= 11 is 0. The Hall–Kier alpha value is -3.88. The van der Waals surface area contributed by atoms with Gasteiger partial charge in [0.2, 0.25) is 11.8 Å². The number of carbonyl (C=O) groups is 4. The minimum absolute atomic E-state index is 0.210. The van der Waals surface area contributed by atoms with E-state index < -0.39 is 53.2 Å². The number of nitrogens with zero attached hydrogens (tertiary/aromatic N) is 1. The van der Waals surface area contributed by atoms with Gasteiger partial charge in [0.25, 0.3) is 0 Å². The van der Waals surface area contributed by atoms with E-state index in [1.165, 1.54) is 4.90 Å². The number of carbonyl (C=O) groups excluding carboxylic acids is 4. The van der Waals surface area contributed by atoms with E-state index in [1.807, 2.05) is 62.4 Å². The Labute approximate surface area is 275 Å². The molecule has 0 aliphatic rings. The largest absolute Gasteiger partial charge is 0.458 e. The molecule has 46 heavy (non-hydrogen) atoms. The van der Waals surface area contributed by atoms with Gasteiger partial charge in [0.1, 0.15) is 29.3 Å². The van der Waals surface area contributed by atoms with Gasteiger partial charge in [0, 0.05) is 13.0 Å². The monoisotopic (exact) mass is 637 g/mol. The summed E-state index contributed by atoms with van der Waals surface area (Å²) in [6, 6.07) is 12.1. The second-order valence-electron chi connectivity index (χ2n) is 14.1. The first-order valence-electron chi connectivity index (χ1n) is 16.4. The molecule has 0 aromatic heterocycles. The van der Waals surface area contributed by atoms with E-state index in [4.69, 9.17) is 9.47 Å². The molecule has 254 valence electrons. The molecule has 9 heteroatoms. The Balaban J connectivity index is 2.58. The quantitative estimate of drug-likeness (QED) is 0.175. The van der Waals surface area contributed by atoms with Crippen LogP contribution in [0.15, 0.2) is 48.5 Å². The lowest BCUT2D eigenvalue weighted by atomic mass is 9.97. The summed E-state index contributed by atoms with van der Waals surface area (Å²) in [5.74, 6) is -1.51. The fourth-order valence-corrected chi connectivity index (χ4v) is 5.18. The first-order valence-corrected chi connectivity index (χ1v) is 16.4. The van der Waals surface area contributed by atoms with Gasteiger partial charge in [-0.25, -0.2) is 9.59 Å². The summed E-state index contributed by atoms with van der Waals surface area (Å²) in [6.45, 7) is 18.4. The molecule has 0 heterocycles. The van der Waals surface area contributed by atoms with E-state index in [1.54, 1.807) is 48.5 Å². The van der Waals surface area contributed by atoms with Crippen LogP contribution < -0.4 is 10.6 Å². The zero-order valence-corrected chi connectivity index (χ0v) is 29.5. The van der Waals surface area contributed by atoms with E-state index in [2.05, 4.69) is 17.6 Å². The third-order valence-electron chi connectivity index (χ3n) is 7.05. The molecule has 2 aromatic carbocycles. The van der Waals surface area contributed by atoms with Crippen molar-refractivity contribution < 1.29 is 28.7 Å². The minimum atomic E-state index is -1.07. The van der Waals surface area contributed by atoms with Crippen LogP contribution in [0.5, 0.6) is 0 Å². The van der Waals surface area contributed by atoms with E-state index in [0.717, 1.165) is 36.0 Å². The molecule has 3 atom stereocenters. The highest BCUT2D eigenvalue weighted by atomic mass is 16.6. The van der Waals surface area contributed by atoms with Gasteiger partial charge in [-0.15, -0.1) is 0 Å². The van der Waals surface area contributed by atoms with Crippen LogP contribution in [0.2, 0.25) is 0 Å². The lowest BCUT2D eigenvalue weighted by Crippen LogP contribution is -2.54. The Morgan fingerprint density at radius 2 is 1.39 bits per heavy atom. The van der Waals surface area contributed by atoms with Gasteiger partial charge in [-0.1, -0.05) is 85.8 Å². The third-order valence-corrected chi connectivity index (χ3v) is 7.05. The number of alkyl carbamates (subject to hydrolysis) is 1. The lowest BCUT2D eigenvalue weighted by Gasteiger charge is -2.35. The zero-order chi connectivity index (χ0) is 34.7. The standard InChI is InChI=1S/C37H55N3O6/c1-11-12-13-17-20-40(33(42)27(4)38-35(44)46-37(8,9)10)31(29-22-25(2)21-26(3)23-29)32(41)39-30(34(43)45-36(5,6)7)24-28-18-15-14-16-19-28/h14-16,18-19,21-23,27,30-31H,11-13,17,20,24H2,1-10H3,(H,38,44)(H,39,41). The number of amides is 3. The topological polar surface area (TPSA) is 114 Å². The van der Waals surface area contributed by atoms with Crippen LogP contribution >= 0.6 is 0 Å². The van der Waals surface area contributed by atoms with Crippen LogP contribution in [0.4, 0.5) is 4.79 Å². The van der Waals surface area contributed by atoms with Crippen LogP contribution in [0.25, 0.3) is 0 Å². The van der Waals surface area contributed by atoms with Crippen molar-refractivity contribution in [2.75, 3.05) is 6.54 Å². The van der Waals surface area contributed by atoms with Crippen LogP contribution in [-0.4, -0.2) is 58.6 Å². The molecule has 0 fully saturated rings. The minimum Gasteiger partial charge on any atom is -0.458 e. The number of unbranched alkanes of at least 4 members (excludes halogenated alkanes) is 3. The fourth-order valence-electron chi connectivity index (χ4n) is 5.18. The Kier molecular flexibility index (Phi) is 14.3. The number of esters is 1. The molecule has 0 aliphatic heterocycles. The number of benzene rings is 2. The molecule has 2 aromatic rings. The third kappa shape index (κ3) is 13.2. The number of hydrogen-bond acceptors (Lipinski definition) is 6. The van der Waals surface area contributed by atoms with Crippen LogP contribution in [0.3, 0.4) is 0 Å². The van der Waals surface area contributed by atoms with Crippen molar-refractivity contribution in [3.63, 3.8) is 0 Å². The molecule has 2 rings (SSSR count). The van der Waals surface area contributed by atoms with E-state index in [-0.39, 0.29) is 13.0 Å². The van der Waals surface area contributed by atoms with Gasteiger partial charge in [0.15, 0.2) is 0 Å². The molecular formula is C37H55N3O6. The molecule has 2 N–H and O–H groups in total. The predicted molar refractivity (Wildman–Crippen MR) is 181 cm³/mol. The maximum atomic E-state index is 14.5. The second-order valence-corrected chi connectivity index (χ2v) is 14.1. The van der Waals surface area contributed by atoms with Gasteiger partial charge >= 0.3 is 12.1 Å². The maximum Gasteiger partial charge on any atom is 0.408 e. The Morgan fingerprint density at radius 1 is 0.804 bits per heavy atom. The van der Waals surface area contributed by atoms with Crippen molar-refractivity contribution in [3.05, 3.63) is 70.8 Å². The first-order chi connectivity index (χ1) is 21.4. The average Bonchev–Trinajstić information content (AvgIpc) is 2.91. The van der Waals surface area contributed by atoms with Gasteiger partial charge in [-0.2, -0.15) is 0 Å². The van der Waals surface area contributed by atoms with Crippen molar-refractivity contribution in [2.45, 2.75) is 131 Å².